The summed E-state index contributed by atoms with van der Waals surface area (Å²) in [5, 5.41) is 16.7. The number of aromatic amines is 1. The Labute approximate surface area is 121 Å². The van der Waals surface area contributed by atoms with Crippen LogP contribution in [0.4, 0.5) is 0 Å². The van der Waals surface area contributed by atoms with Crippen molar-refractivity contribution in [1.82, 2.24) is 20.1 Å². The predicted molar refractivity (Wildman–Crippen MR) is 74.9 cm³/mol. The molecule has 1 fully saturated rings. The van der Waals surface area contributed by atoms with Gasteiger partial charge in [0.1, 0.15) is 0 Å². The number of likely N-dealkylation sites (tertiary alicyclic amines) is 1. The second kappa shape index (κ2) is 5.16. The maximum Gasteiger partial charge on any atom is 0.306 e. The van der Waals surface area contributed by atoms with Gasteiger partial charge < -0.3 is 10.0 Å². The van der Waals surface area contributed by atoms with Gasteiger partial charge in [-0.15, -0.1) is 0 Å². The van der Waals surface area contributed by atoms with E-state index >= 15 is 0 Å². The zero-order valence-electron chi connectivity index (χ0n) is 11.7. The molecule has 1 aliphatic rings. The van der Waals surface area contributed by atoms with E-state index in [9.17, 15) is 9.59 Å². The van der Waals surface area contributed by atoms with Crippen molar-refractivity contribution in [2.45, 2.75) is 19.8 Å². The molecule has 0 unspecified atom stereocenters. The Morgan fingerprint density at radius 1 is 1.38 bits per heavy atom. The second-order valence-corrected chi connectivity index (χ2v) is 5.35. The lowest BCUT2D eigenvalue weighted by atomic mass is 9.96. The molecular formula is C14H16N4O3. The first-order valence-corrected chi connectivity index (χ1v) is 6.89. The Morgan fingerprint density at radius 2 is 2.10 bits per heavy atom. The molecule has 7 heteroatoms. The van der Waals surface area contributed by atoms with E-state index in [2.05, 4.69) is 15.2 Å². The van der Waals surface area contributed by atoms with Crippen molar-refractivity contribution in [2.75, 3.05) is 13.1 Å². The number of aliphatic carboxylic acids is 1. The smallest absolute Gasteiger partial charge is 0.306 e. The van der Waals surface area contributed by atoms with Gasteiger partial charge >= 0.3 is 5.97 Å². The SMILES string of the molecule is Cc1[nH]nc2ncc(C(=O)N3CCC(C(=O)O)CC3)cc12. The van der Waals surface area contributed by atoms with Crippen molar-refractivity contribution in [3.63, 3.8) is 0 Å². The molecule has 1 amide bonds. The van der Waals surface area contributed by atoms with Gasteiger partial charge in [-0.25, -0.2) is 4.98 Å². The number of H-pyrrole nitrogens is 1. The molecular weight excluding hydrogens is 272 g/mol. The molecule has 21 heavy (non-hydrogen) atoms. The Morgan fingerprint density at radius 3 is 2.76 bits per heavy atom. The van der Waals surface area contributed by atoms with Crippen LogP contribution < -0.4 is 0 Å². The number of carboxylic acids is 1. The van der Waals surface area contributed by atoms with Gasteiger partial charge in [0.25, 0.3) is 5.91 Å². The van der Waals surface area contributed by atoms with E-state index in [0.29, 0.717) is 37.1 Å². The fourth-order valence-corrected chi connectivity index (χ4v) is 2.65. The number of nitrogens with zero attached hydrogens (tertiary/aromatic N) is 3. The number of nitrogens with one attached hydrogen (secondary N) is 1. The molecule has 1 saturated heterocycles. The molecule has 7 nitrogen and oxygen atoms in total. The first kappa shape index (κ1) is 13.5. The lowest BCUT2D eigenvalue weighted by Gasteiger charge is -2.30. The molecule has 2 N–H and O–H groups in total. The summed E-state index contributed by atoms with van der Waals surface area (Å²) >= 11 is 0. The maximum absolute atomic E-state index is 12.5. The van der Waals surface area contributed by atoms with Crippen LogP contribution in [-0.4, -0.2) is 50.2 Å². The molecule has 0 saturated carbocycles. The highest BCUT2D eigenvalue weighted by Gasteiger charge is 2.27. The van der Waals surface area contributed by atoms with Gasteiger partial charge in [-0.1, -0.05) is 0 Å². The molecule has 0 aromatic carbocycles. The van der Waals surface area contributed by atoms with Gasteiger partial charge in [0.05, 0.1) is 11.5 Å². The van der Waals surface area contributed by atoms with Gasteiger partial charge in [0.15, 0.2) is 5.65 Å². The van der Waals surface area contributed by atoms with Crippen LogP contribution >= 0.6 is 0 Å². The van der Waals surface area contributed by atoms with Crippen molar-refractivity contribution in [1.29, 1.82) is 0 Å². The number of pyridine rings is 1. The number of hydrogen-bond donors (Lipinski definition) is 2. The summed E-state index contributed by atoms with van der Waals surface area (Å²) in [7, 11) is 0. The lowest BCUT2D eigenvalue weighted by Crippen LogP contribution is -2.40. The minimum Gasteiger partial charge on any atom is -0.481 e. The van der Waals surface area contributed by atoms with Crippen LogP contribution in [-0.2, 0) is 4.79 Å². The summed E-state index contributed by atoms with van der Waals surface area (Å²) in [6.45, 7) is 2.82. The third kappa shape index (κ3) is 2.46. The highest BCUT2D eigenvalue weighted by molar-refractivity contribution is 5.97. The van der Waals surface area contributed by atoms with Crippen molar-refractivity contribution >= 4 is 22.9 Å². The molecule has 3 rings (SSSR count). The van der Waals surface area contributed by atoms with Crippen LogP contribution in [0.25, 0.3) is 11.0 Å². The number of carboxylic acid groups (broad SMARTS) is 1. The van der Waals surface area contributed by atoms with E-state index < -0.39 is 5.97 Å². The number of aryl methyl sites for hydroxylation is 1. The summed E-state index contributed by atoms with van der Waals surface area (Å²) in [5.74, 6) is -1.22. The molecule has 2 aromatic heterocycles. The zero-order chi connectivity index (χ0) is 15.0. The van der Waals surface area contributed by atoms with E-state index in [1.165, 1.54) is 6.20 Å². The predicted octanol–water partition coefficient (Wildman–Crippen LogP) is 1.20. The van der Waals surface area contributed by atoms with Crippen LogP contribution in [0.5, 0.6) is 0 Å². The second-order valence-electron chi connectivity index (χ2n) is 5.35. The number of carbonyl (C=O) groups is 2. The number of fused-ring (bicyclic) bond motifs is 1. The zero-order valence-corrected chi connectivity index (χ0v) is 11.7. The molecule has 0 bridgehead atoms. The molecule has 110 valence electrons. The number of rotatable bonds is 2. The molecule has 2 aromatic rings. The standard InChI is InChI=1S/C14H16N4O3/c1-8-11-6-10(7-15-12(11)17-16-8)13(19)18-4-2-9(3-5-18)14(20)21/h6-7,9H,2-5H2,1H3,(H,20,21)(H,15,16,17). The van der Waals surface area contributed by atoms with Crippen LogP contribution in [0.1, 0.15) is 28.9 Å². The van der Waals surface area contributed by atoms with E-state index in [0.717, 1.165) is 11.1 Å². The van der Waals surface area contributed by atoms with E-state index in [4.69, 9.17) is 5.11 Å². The lowest BCUT2D eigenvalue weighted by molar-refractivity contribution is -0.143. The van der Waals surface area contributed by atoms with Gasteiger partial charge in [-0.2, -0.15) is 5.10 Å². The van der Waals surface area contributed by atoms with E-state index in [-0.39, 0.29) is 11.8 Å². The van der Waals surface area contributed by atoms with Gasteiger partial charge in [-0.05, 0) is 25.8 Å². The Kier molecular flexibility index (Phi) is 3.32. The van der Waals surface area contributed by atoms with Crippen molar-refractivity contribution in [3.8, 4) is 0 Å². The van der Waals surface area contributed by atoms with Crippen molar-refractivity contribution < 1.29 is 14.7 Å². The number of piperidine rings is 1. The molecule has 3 heterocycles. The van der Waals surface area contributed by atoms with Crippen LogP contribution in [0.2, 0.25) is 0 Å². The summed E-state index contributed by atoms with van der Waals surface area (Å²) in [5.41, 5.74) is 1.98. The average molecular weight is 288 g/mol. The van der Waals surface area contributed by atoms with E-state index in [1.54, 1.807) is 11.0 Å². The Bertz CT molecular complexity index is 701. The molecule has 0 aliphatic carbocycles. The Hall–Kier alpha value is -2.44. The number of aromatic nitrogens is 3. The fourth-order valence-electron chi connectivity index (χ4n) is 2.65. The molecule has 0 atom stereocenters. The third-order valence-electron chi connectivity index (χ3n) is 3.98. The highest BCUT2D eigenvalue weighted by atomic mass is 16.4. The van der Waals surface area contributed by atoms with Crippen molar-refractivity contribution in [2.24, 2.45) is 5.92 Å². The summed E-state index contributed by atoms with van der Waals surface area (Å²) in [6.07, 6.45) is 2.52. The van der Waals surface area contributed by atoms with Gasteiger partial charge in [-0.3, -0.25) is 14.7 Å². The Balaban J connectivity index is 1.78. The average Bonchev–Trinajstić information content (AvgIpc) is 2.87. The fraction of sp³-hybridized carbons (Fsp3) is 0.429. The minimum atomic E-state index is -0.779. The van der Waals surface area contributed by atoms with Crippen LogP contribution in [0, 0.1) is 12.8 Å². The number of hydrogen-bond acceptors (Lipinski definition) is 4. The van der Waals surface area contributed by atoms with Crippen molar-refractivity contribution in [3.05, 3.63) is 23.5 Å². The first-order chi connectivity index (χ1) is 10.1. The molecule has 1 aliphatic heterocycles. The summed E-state index contributed by atoms with van der Waals surface area (Å²) < 4.78 is 0. The maximum atomic E-state index is 12.5. The minimum absolute atomic E-state index is 0.103. The number of carbonyl (C=O) groups excluding carboxylic acids is 1. The summed E-state index contributed by atoms with van der Waals surface area (Å²) in [6, 6.07) is 1.78. The highest BCUT2D eigenvalue weighted by Crippen LogP contribution is 2.21. The van der Waals surface area contributed by atoms with Crippen LogP contribution in [0.15, 0.2) is 12.3 Å². The topological polar surface area (TPSA) is 99.2 Å². The van der Waals surface area contributed by atoms with Gasteiger partial charge in [0, 0.05) is 30.4 Å². The normalized spacial score (nSPS) is 16.3. The number of amides is 1. The quantitative estimate of drug-likeness (QED) is 0.865. The molecule has 0 radical (unpaired) electrons. The largest absolute Gasteiger partial charge is 0.481 e. The third-order valence-corrected chi connectivity index (χ3v) is 3.98. The van der Waals surface area contributed by atoms with E-state index in [1.807, 2.05) is 6.92 Å². The van der Waals surface area contributed by atoms with Gasteiger partial charge in [0.2, 0.25) is 0 Å². The van der Waals surface area contributed by atoms with Crippen LogP contribution in [0.3, 0.4) is 0 Å². The monoisotopic (exact) mass is 288 g/mol. The summed E-state index contributed by atoms with van der Waals surface area (Å²) in [4.78, 5) is 29.3. The molecule has 0 spiro atoms. The first-order valence-electron chi connectivity index (χ1n) is 6.89.